The smallest absolute Gasteiger partial charge is 0.475 e. The van der Waals surface area contributed by atoms with Gasteiger partial charge in [-0.05, 0) is 13.8 Å². The predicted octanol–water partition coefficient (Wildman–Crippen LogP) is 5.61. The topological polar surface area (TPSA) is 18.5 Å². The first-order chi connectivity index (χ1) is 12.2. The second-order valence-corrected chi connectivity index (χ2v) is 7.46. The molecule has 0 aliphatic carbocycles. The number of rotatable bonds is 11. The molecular weight excluding hydrogens is 450 g/mol. The van der Waals surface area contributed by atoms with Crippen LogP contribution in [0.4, 0.5) is 57.1 Å². The summed E-state index contributed by atoms with van der Waals surface area (Å²) in [6, 6.07) is 0. The third-order valence-corrected chi connectivity index (χ3v) is 5.55. The average Bonchev–Trinajstić information content (AvgIpc) is 2.51. The van der Waals surface area contributed by atoms with E-state index in [9.17, 15) is 57.1 Å². The van der Waals surface area contributed by atoms with Gasteiger partial charge < -0.3 is 7.58 Å². The number of hydrogen-bond acceptors (Lipinski definition) is 2. The summed E-state index contributed by atoms with van der Waals surface area (Å²) in [5, 5.41) is 0. The van der Waals surface area contributed by atoms with Crippen molar-refractivity contribution in [1.29, 1.82) is 0 Å². The number of alkyl halides is 13. The molecule has 0 amide bonds. The molecule has 0 fully saturated rings. The van der Waals surface area contributed by atoms with E-state index in [0.29, 0.717) is 0 Å². The Labute approximate surface area is 155 Å². The lowest BCUT2D eigenvalue weighted by Gasteiger charge is -2.40. The second-order valence-electron chi connectivity index (χ2n) is 5.41. The summed E-state index contributed by atoms with van der Waals surface area (Å²) in [4.78, 5) is -6.12. The van der Waals surface area contributed by atoms with Crippen molar-refractivity contribution < 1.29 is 64.7 Å². The molecule has 2 nitrogen and oxygen atoms in total. The summed E-state index contributed by atoms with van der Waals surface area (Å²) < 4.78 is 180. The van der Waals surface area contributed by atoms with Crippen LogP contribution in [0.2, 0.25) is 0 Å². The molecule has 0 saturated carbocycles. The van der Waals surface area contributed by atoms with Crippen LogP contribution in [0.25, 0.3) is 0 Å². The van der Waals surface area contributed by atoms with Crippen LogP contribution < -0.4 is 0 Å². The largest absolute Gasteiger partial charge is 0.767 e. The lowest BCUT2D eigenvalue weighted by atomic mass is 9.95. The quantitative estimate of drug-likeness (QED) is 0.293. The predicted molar refractivity (Wildman–Crippen MR) is 69.0 cm³/mol. The zero-order chi connectivity index (χ0) is 22.8. The Morgan fingerprint density at radius 1 is 0.571 bits per heavy atom. The molecule has 0 aliphatic rings. The van der Waals surface area contributed by atoms with Crippen LogP contribution in [-0.2, 0) is 7.58 Å². The number of hydrogen-bond donors (Lipinski definition) is 0. The minimum absolute atomic E-state index is 0.785. The Bertz CT molecular complexity index is 500. The van der Waals surface area contributed by atoms with Crippen molar-refractivity contribution in [2.75, 3.05) is 13.2 Å². The normalized spacial score (nSPS) is 15.1. The van der Waals surface area contributed by atoms with E-state index in [-0.39, 0.29) is 0 Å². The molecule has 0 atom stereocenters. The van der Waals surface area contributed by atoms with Crippen molar-refractivity contribution >= 4 is 14.8 Å². The van der Waals surface area contributed by atoms with Gasteiger partial charge in [-0.15, -0.1) is 0 Å². The average molecular weight is 464 g/mol. The third-order valence-electron chi connectivity index (χ3n) is 3.32. The Balaban J connectivity index is 6.07. The highest BCUT2D eigenvalue weighted by atomic mass is 27.2. The molecule has 16 heteroatoms. The first kappa shape index (κ1) is 27.5. The fourth-order valence-corrected chi connectivity index (χ4v) is 3.40. The highest BCUT2D eigenvalue weighted by Crippen LogP contribution is 2.58. The van der Waals surface area contributed by atoms with Crippen molar-refractivity contribution in [2.24, 2.45) is 0 Å². The van der Waals surface area contributed by atoms with Crippen molar-refractivity contribution in [2.45, 2.75) is 61.3 Å². The lowest BCUT2D eigenvalue weighted by Crippen LogP contribution is -2.71. The van der Waals surface area contributed by atoms with Crippen LogP contribution in [0.3, 0.4) is 0 Å². The van der Waals surface area contributed by atoms with E-state index < -0.39 is 75.5 Å². The van der Waals surface area contributed by atoms with Crippen molar-refractivity contribution in [3.05, 3.63) is 0 Å². The summed E-state index contributed by atoms with van der Waals surface area (Å²) in [5.41, 5.74) is 0. The monoisotopic (exact) mass is 464 g/mol. The molecule has 0 aromatic carbocycles. The molecule has 28 heavy (non-hydrogen) atoms. The SMILES string of the molecule is CC[O][Al]([O]CC)[C](F)(F)C(F)(F)C(F)(F)C(F)(F)C(F)(F)CCC(F)(F)F. The molecule has 0 aromatic rings. The molecule has 0 unspecified atom stereocenters. The fourth-order valence-electron chi connectivity index (χ4n) is 1.80. The Morgan fingerprint density at radius 3 is 1.29 bits per heavy atom. The molecule has 168 valence electrons. The van der Waals surface area contributed by atoms with Gasteiger partial charge in [0.2, 0.25) is 0 Å². The molecule has 0 rings (SSSR count). The van der Waals surface area contributed by atoms with Crippen molar-refractivity contribution in [3.63, 3.8) is 0 Å². The molecular formula is C12H14AlF13O2. The maximum absolute atomic E-state index is 13.9. The van der Waals surface area contributed by atoms with E-state index in [2.05, 4.69) is 7.58 Å². The van der Waals surface area contributed by atoms with Gasteiger partial charge in [-0.2, -0.15) is 48.3 Å². The van der Waals surface area contributed by atoms with Crippen LogP contribution in [0.1, 0.15) is 26.7 Å². The van der Waals surface area contributed by atoms with Gasteiger partial charge in [-0.3, -0.25) is 0 Å². The van der Waals surface area contributed by atoms with Gasteiger partial charge in [0, 0.05) is 26.1 Å². The standard InChI is InChI=1S/C8H4F13.2C2H5O.Al/c9-3(10)6(16,17)8(20,21)7(18,19)4(11,12)1-2-5(13,14)15;2*1-2-3;/h1-2H2;2*2H2,1H3;/q;2*-1;+2. The lowest BCUT2D eigenvalue weighted by molar-refractivity contribution is -0.394. The Kier molecular flexibility index (Phi) is 8.59. The van der Waals surface area contributed by atoms with Gasteiger partial charge in [0.15, 0.2) is 0 Å². The third kappa shape index (κ3) is 5.17. The Hall–Kier alpha value is -0.458. The fraction of sp³-hybridized carbons (Fsp3) is 1.00. The minimum Gasteiger partial charge on any atom is -0.475 e. The maximum Gasteiger partial charge on any atom is 0.767 e. The molecule has 0 N–H and O–H groups in total. The Morgan fingerprint density at radius 2 is 0.964 bits per heavy atom. The summed E-state index contributed by atoms with van der Waals surface area (Å²) in [6.07, 6.45) is -11.3. The molecule has 0 heterocycles. The van der Waals surface area contributed by atoms with E-state index in [1.165, 1.54) is 0 Å². The van der Waals surface area contributed by atoms with Crippen LogP contribution in [0.15, 0.2) is 0 Å². The highest BCUT2D eigenvalue weighted by molar-refractivity contribution is 6.48. The van der Waals surface area contributed by atoms with E-state index in [1.807, 2.05) is 0 Å². The van der Waals surface area contributed by atoms with Gasteiger partial charge in [-0.25, -0.2) is 8.78 Å². The summed E-state index contributed by atoms with van der Waals surface area (Å²) in [5.74, 6) is -28.2. The molecule has 0 bridgehead atoms. The summed E-state index contributed by atoms with van der Waals surface area (Å²) in [7, 11) is 0. The zero-order valence-corrected chi connectivity index (χ0v) is 15.3. The summed E-state index contributed by atoms with van der Waals surface area (Å²) >= 11 is -5.16. The van der Waals surface area contributed by atoms with Crippen molar-refractivity contribution in [3.8, 4) is 0 Å². The highest BCUT2D eigenvalue weighted by Gasteiger charge is 2.88. The minimum atomic E-state index is -7.45. The second kappa shape index (κ2) is 8.73. The van der Waals surface area contributed by atoms with Crippen molar-refractivity contribution in [1.82, 2.24) is 0 Å². The van der Waals surface area contributed by atoms with Gasteiger partial charge in [0.1, 0.15) is 0 Å². The molecule has 0 spiro atoms. The van der Waals surface area contributed by atoms with E-state index in [4.69, 9.17) is 0 Å². The van der Waals surface area contributed by atoms with Gasteiger partial charge >= 0.3 is 49.5 Å². The molecule has 0 saturated heterocycles. The first-order valence-corrected chi connectivity index (χ1v) is 8.94. The number of halogens is 13. The molecule has 0 aromatic heterocycles. The van der Waals surface area contributed by atoms with E-state index in [0.717, 1.165) is 13.8 Å². The van der Waals surface area contributed by atoms with E-state index >= 15 is 0 Å². The van der Waals surface area contributed by atoms with Gasteiger partial charge in [0.05, 0.1) is 0 Å². The van der Waals surface area contributed by atoms with E-state index in [1.54, 1.807) is 0 Å². The van der Waals surface area contributed by atoms with Crippen LogP contribution in [-0.4, -0.2) is 62.7 Å². The van der Waals surface area contributed by atoms with Gasteiger partial charge in [-0.1, -0.05) is 0 Å². The summed E-state index contributed by atoms with van der Waals surface area (Å²) in [6.45, 7) is 0.328. The maximum atomic E-state index is 13.9. The van der Waals surface area contributed by atoms with Gasteiger partial charge in [0.25, 0.3) is 0 Å². The van der Waals surface area contributed by atoms with Crippen LogP contribution in [0.5, 0.6) is 0 Å². The molecule has 0 radical (unpaired) electrons. The first-order valence-electron chi connectivity index (χ1n) is 7.42. The van der Waals surface area contributed by atoms with Crippen LogP contribution in [0, 0.1) is 0 Å². The molecule has 0 aliphatic heterocycles. The van der Waals surface area contributed by atoms with Crippen LogP contribution >= 0.6 is 0 Å². The zero-order valence-electron chi connectivity index (χ0n) is 14.1.